The maximum Gasteiger partial charge on any atom is 0.243 e. The van der Waals surface area contributed by atoms with Crippen molar-refractivity contribution in [2.75, 3.05) is 51.3 Å². The number of allylic oxidation sites excluding steroid dienone is 2. The summed E-state index contributed by atoms with van der Waals surface area (Å²) in [4.78, 5) is 28.4. The van der Waals surface area contributed by atoms with Crippen LogP contribution in [0.2, 0.25) is 0 Å². The SMILES string of the molecule is C=C/C=C(\C=C)[C@@H](C)Nc1ncnc2[nH]c(-c3ccc(CN4CCN(CCOCCCCCCC(=O)NO)CC4)cc3)cc12. The number of nitrogens with one attached hydrogen (secondary N) is 3. The summed E-state index contributed by atoms with van der Waals surface area (Å²) in [7, 11) is 0. The van der Waals surface area contributed by atoms with Crippen molar-refractivity contribution in [2.24, 2.45) is 0 Å². The molecule has 1 fully saturated rings. The molecule has 1 aliphatic heterocycles. The number of benzene rings is 1. The third kappa shape index (κ3) is 9.85. The Morgan fingerprint density at radius 1 is 1.07 bits per heavy atom. The Bertz CT molecular complexity index is 1380. The van der Waals surface area contributed by atoms with Crippen LogP contribution >= 0.6 is 0 Å². The van der Waals surface area contributed by atoms with Crippen molar-refractivity contribution in [2.45, 2.75) is 51.6 Å². The number of hydrogen-bond donors (Lipinski definition) is 4. The van der Waals surface area contributed by atoms with Gasteiger partial charge in [-0.1, -0.05) is 68.5 Å². The summed E-state index contributed by atoms with van der Waals surface area (Å²) in [6.45, 7) is 17.4. The number of aromatic nitrogens is 3. The molecular formula is C34H47N7O3. The van der Waals surface area contributed by atoms with Crippen LogP contribution in [0.3, 0.4) is 0 Å². The van der Waals surface area contributed by atoms with Gasteiger partial charge in [0.05, 0.1) is 12.0 Å². The Labute approximate surface area is 260 Å². The van der Waals surface area contributed by atoms with E-state index in [1.807, 2.05) is 12.2 Å². The van der Waals surface area contributed by atoms with Crippen LogP contribution < -0.4 is 10.8 Å². The predicted octanol–water partition coefficient (Wildman–Crippen LogP) is 5.31. The summed E-state index contributed by atoms with van der Waals surface area (Å²) < 4.78 is 5.82. The summed E-state index contributed by atoms with van der Waals surface area (Å²) in [5, 5.41) is 12.9. The first kappa shape index (κ1) is 33.1. The number of H-pyrrole nitrogens is 1. The minimum Gasteiger partial charge on any atom is -0.380 e. The van der Waals surface area contributed by atoms with Gasteiger partial charge >= 0.3 is 0 Å². The number of carbonyl (C=O) groups is 1. The molecule has 10 heteroatoms. The van der Waals surface area contributed by atoms with Gasteiger partial charge in [0, 0.05) is 64.0 Å². The molecule has 1 amide bonds. The van der Waals surface area contributed by atoms with Crippen molar-refractivity contribution in [1.82, 2.24) is 30.2 Å². The first-order valence-electron chi connectivity index (χ1n) is 15.6. The van der Waals surface area contributed by atoms with Gasteiger partial charge in [-0.05, 0) is 42.5 Å². The predicted molar refractivity (Wildman–Crippen MR) is 176 cm³/mol. The summed E-state index contributed by atoms with van der Waals surface area (Å²) >= 11 is 0. The maximum atomic E-state index is 11.0. The highest BCUT2D eigenvalue weighted by molar-refractivity contribution is 5.91. The van der Waals surface area contributed by atoms with E-state index in [2.05, 4.69) is 80.5 Å². The Hall–Kier alpha value is -3.83. The maximum absolute atomic E-state index is 11.0. The smallest absolute Gasteiger partial charge is 0.243 e. The molecule has 1 aromatic carbocycles. The number of hydrogen-bond acceptors (Lipinski definition) is 8. The van der Waals surface area contributed by atoms with Crippen LogP contribution in [0.5, 0.6) is 0 Å². The highest BCUT2D eigenvalue weighted by Gasteiger charge is 2.17. The monoisotopic (exact) mass is 601 g/mol. The molecule has 1 saturated heterocycles. The number of aromatic amines is 1. The molecule has 0 radical (unpaired) electrons. The van der Waals surface area contributed by atoms with Gasteiger partial charge in [-0.15, -0.1) is 0 Å². The molecule has 10 nitrogen and oxygen atoms in total. The zero-order valence-electron chi connectivity index (χ0n) is 25.9. The highest BCUT2D eigenvalue weighted by atomic mass is 16.5. The quantitative estimate of drug-likeness (QED) is 0.0670. The van der Waals surface area contributed by atoms with Gasteiger partial charge in [0.25, 0.3) is 0 Å². The lowest BCUT2D eigenvalue weighted by molar-refractivity contribution is -0.129. The summed E-state index contributed by atoms with van der Waals surface area (Å²) in [5.74, 6) is 0.467. The molecule has 4 N–H and O–H groups in total. The number of anilines is 1. The number of rotatable bonds is 18. The van der Waals surface area contributed by atoms with Crippen LogP contribution in [0, 0.1) is 0 Å². The number of amides is 1. The molecule has 1 atom stereocenters. The lowest BCUT2D eigenvalue weighted by atomic mass is 10.1. The first-order chi connectivity index (χ1) is 21.5. The molecule has 1 aliphatic rings. The summed E-state index contributed by atoms with van der Waals surface area (Å²) in [5.41, 5.74) is 6.94. The van der Waals surface area contributed by atoms with Crippen molar-refractivity contribution >= 4 is 22.8 Å². The fraction of sp³-hybridized carbons (Fsp3) is 0.441. The molecule has 0 spiro atoms. The molecule has 236 valence electrons. The van der Waals surface area contributed by atoms with Crippen molar-refractivity contribution < 1.29 is 14.7 Å². The second kappa shape index (κ2) is 17.5. The Morgan fingerprint density at radius 3 is 2.55 bits per heavy atom. The van der Waals surface area contributed by atoms with Gasteiger partial charge in [-0.2, -0.15) is 0 Å². The van der Waals surface area contributed by atoms with Crippen molar-refractivity contribution in [3.8, 4) is 11.3 Å². The number of piperazine rings is 1. The van der Waals surface area contributed by atoms with E-state index in [-0.39, 0.29) is 11.9 Å². The molecule has 0 aliphatic carbocycles. The molecule has 0 bridgehead atoms. The standard InChI is InChI=1S/C34H47N7O3/c1-4-10-28(5-2)26(3)37-33-30-23-31(38-34(30)36-25-35-33)29-14-12-27(13-15-29)24-41-18-16-40(17-19-41)20-22-44-21-9-7-6-8-11-32(42)39-43/h4-5,10,12-15,23,25-26,43H,1-2,6-9,11,16-22,24H2,3H3,(H,39,42)(H2,35,36,37,38)/b28-10+/t26-/m1/s1. The van der Waals surface area contributed by atoms with Gasteiger partial charge < -0.3 is 15.0 Å². The van der Waals surface area contributed by atoms with Crippen molar-refractivity contribution in [3.63, 3.8) is 0 Å². The molecular weight excluding hydrogens is 554 g/mol. The molecule has 4 rings (SSSR count). The first-order valence-corrected chi connectivity index (χ1v) is 15.6. The van der Waals surface area contributed by atoms with Crippen molar-refractivity contribution in [1.29, 1.82) is 0 Å². The minimum atomic E-state index is -0.314. The average molecular weight is 602 g/mol. The van der Waals surface area contributed by atoms with Gasteiger partial charge in [0.2, 0.25) is 5.91 Å². The zero-order chi connectivity index (χ0) is 31.1. The van der Waals surface area contributed by atoms with E-state index < -0.39 is 0 Å². The fourth-order valence-corrected chi connectivity index (χ4v) is 5.44. The number of hydroxylamine groups is 1. The Morgan fingerprint density at radius 2 is 1.82 bits per heavy atom. The van der Waals surface area contributed by atoms with E-state index in [1.165, 1.54) is 5.56 Å². The molecule has 3 aromatic rings. The van der Waals surface area contributed by atoms with E-state index in [0.29, 0.717) is 6.42 Å². The van der Waals surface area contributed by atoms with Crippen LogP contribution in [-0.2, 0) is 16.1 Å². The molecule has 3 heterocycles. The van der Waals surface area contributed by atoms with E-state index in [4.69, 9.17) is 9.94 Å². The van der Waals surface area contributed by atoms with Gasteiger partial charge in [-0.3, -0.25) is 19.8 Å². The van der Waals surface area contributed by atoms with Crippen LogP contribution in [0.15, 0.2) is 73.6 Å². The van der Waals surface area contributed by atoms with E-state index >= 15 is 0 Å². The number of fused-ring (bicyclic) bond motifs is 1. The summed E-state index contributed by atoms with van der Waals surface area (Å²) in [6.07, 6.45) is 11.3. The van der Waals surface area contributed by atoms with Crippen LogP contribution in [0.4, 0.5) is 5.82 Å². The number of carbonyl (C=O) groups excluding carboxylic acids is 1. The van der Waals surface area contributed by atoms with E-state index in [1.54, 1.807) is 17.9 Å². The van der Waals surface area contributed by atoms with Crippen molar-refractivity contribution in [3.05, 3.63) is 79.2 Å². The average Bonchev–Trinajstić information content (AvgIpc) is 3.49. The summed E-state index contributed by atoms with van der Waals surface area (Å²) in [6, 6.07) is 10.9. The number of ether oxygens (including phenoxy) is 1. The van der Waals surface area contributed by atoms with Gasteiger partial charge in [0.1, 0.15) is 17.8 Å². The van der Waals surface area contributed by atoms with Gasteiger partial charge in [0.15, 0.2) is 0 Å². The van der Waals surface area contributed by atoms with E-state index in [0.717, 1.165) is 112 Å². The fourth-order valence-electron chi connectivity index (χ4n) is 5.44. The number of nitrogens with zero attached hydrogens (tertiary/aromatic N) is 4. The topological polar surface area (TPSA) is 119 Å². The van der Waals surface area contributed by atoms with Crippen LogP contribution in [-0.4, -0.2) is 87.8 Å². The normalized spacial score (nSPS) is 15.3. The minimum absolute atomic E-state index is 0.0271. The highest BCUT2D eigenvalue weighted by Crippen LogP contribution is 2.28. The van der Waals surface area contributed by atoms with E-state index in [9.17, 15) is 4.79 Å². The third-order valence-corrected chi connectivity index (χ3v) is 8.08. The lowest BCUT2D eigenvalue weighted by Gasteiger charge is -2.34. The number of unbranched alkanes of at least 4 members (excludes halogenated alkanes) is 3. The second-order valence-electron chi connectivity index (χ2n) is 11.3. The molecule has 0 unspecified atom stereocenters. The zero-order valence-corrected chi connectivity index (χ0v) is 25.9. The molecule has 44 heavy (non-hydrogen) atoms. The lowest BCUT2D eigenvalue weighted by Crippen LogP contribution is -2.46. The largest absolute Gasteiger partial charge is 0.380 e. The Kier molecular flexibility index (Phi) is 13.1. The third-order valence-electron chi connectivity index (χ3n) is 8.08. The molecule has 0 saturated carbocycles. The van der Waals surface area contributed by atoms with Gasteiger partial charge in [-0.25, -0.2) is 15.4 Å². The van der Waals surface area contributed by atoms with Crippen LogP contribution in [0.1, 0.15) is 44.6 Å². The molecule has 2 aromatic heterocycles. The van der Waals surface area contributed by atoms with Crippen LogP contribution in [0.25, 0.3) is 22.3 Å². The second-order valence-corrected chi connectivity index (χ2v) is 11.3. The Balaban J connectivity index is 1.18.